The average Bonchev–Trinajstić information content (AvgIpc) is 2.93. The SMILES string of the molecule is COc1cc(OC)c2c(OC(C)C)cc([C@@H](O)[C@H](C)P(=O)(c3ccccc3)c3ccccc3)c(Br)c2c1. The molecule has 4 aromatic carbocycles. The predicted molar refractivity (Wildman–Crippen MR) is 155 cm³/mol. The first-order valence-corrected chi connectivity index (χ1v) is 14.7. The van der Waals surface area contributed by atoms with Crippen molar-refractivity contribution in [2.45, 2.75) is 38.6 Å². The van der Waals surface area contributed by atoms with E-state index in [0.29, 0.717) is 37.9 Å². The summed E-state index contributed by atoms with van der Waals surface area (Å²) in [4.78, 5) is 0. The number of methoxy groups -OCH3 is 2. The van der Waals surface area contributed by atoms with Gasteiger partial charge in [-0.05, 0) is 47.5 Å². The lowest BCUT2D eigenvalue weighted by atomic mass is 9.99. The maximum absolute atomic E-state index is 14.9. The Morgan fingerprint density at radius 3 is 1.86 bits per heavy atom. The van der Waals surface area contributed by atoms with Gasteiger partial charge in [-0.2, -0.15) is 0 Å². The number of benzene rings is 4. The van der Waals surface area contributed by atoms with Gasteiger partial charge in [0.15, 0.2) is 0 Å². The van der Waals surface area contributed by atoms with E-state index in [0.717, 1.165) is 10.8 Å². The molecule has 37 heavy (non-hydrogen) atoms. The summed E-state index contributed by atoms with van der Waals surface area (Å²) in [5.74, 6) is 1.78. The molecule has 0 aliphatic carbocycles. The zero-order valence-corrected chi connectivity index (χ0v) is 24.1. The summed E-state index contributed by atoms with van der Waals surface area (Å²) >= 11 is 3.74. The van der Waals surface area contributed by atoms with Crippen LogP contribution in [0.1, 0.15) is 32.4 Å². The molecule has 5 nitrogen and oxygen atoms in total. The predicted octanol–water partition coefficient (Wildman–Crippen LogP) is 6.84. The number of hydrogen-bond acceptors (Lipinski definition) is 5. The normalized spacial score (nSPS) is 13.4. The number of aliphatic hydroxyl groups is 1. The highest BCUT2D eigenvalue weighted by Crippen LogP contribution is 2.54. The third-order valence-corrected chi connectivity index (χ3v) is 11.0. The third kappa shape index (κ3) is 5.16. The summed E-state index contributed by atoms with van der Waals surface area (Å²) in [5.41, 5.74) is -0.0523. The van der Waals surface area contributed by atoms with Crippen molar-refractivity contribution in [1.82, 2.24) is 0 Å². The van der Waals surface area contributed by atoms with Crippen LogP contribution in [0, 0.1) is 0 Å². The van der Waals surface area contributed by atoms with E-state index in [1.807, 2.05) is 93.6 Å². The lowest BCUT2D eigenvalue weighted by Crippen LogP contribution is -2.28. The van der Waals surface area contributed by atoms with Gasteiger partial charge in [-0.1, -0.05) is 67.6 Å². The van der Waals surface area contributed by atoms with Crippen LogP contribution in [-0.2, 0) is 4.57 Å². The zero-order chi connectivity index (χ0) is 26.7. The second-order valence-corrected chi connectivity index (χ2v) is 13.2. The van der Waals surface area contributed by atoms with Gasteiger partial charge in [-0.25, -0.2) is 0 Å². The second kappa shape index (κ2) is 11.3. The third-order valence-electron chi connectivity index (χ3n) is 6.55. The highest BCUT2D eigenvalue weighted by atomic mass is 79.9. The minimum absolute atomic E-state index is 0.113. The molecule has 4 rings (SSSR count). The first-order valence-electron chi connectivity index (χ1n) is 12.2. The maximum Gasteiger partial charge on any atom is 0.148 e. The molecule has 2 atom stereocenters. The van der Waals surface area contributed by atoms with Gasteiger partial charge in [0.05, 0.1) is 31.8 Å². The fourth-order valence-electron chi connectivity index (χ4n) is 4.67. The molecule has 4 aromatic rings. The van der Waals surface area contributed by atoms with Gasteiger partial charge in [-0.3, -0.25) is 0 Å². The molecule has 0 fully saturated rings. The van der Waals surface area contributed by atoms with Gasteiger partial charge in [0.25, 0.3) is 0 Å². The summed E-state index contributed by atoms with van der Waals surface area (Å²) in [5, 5.41) is 14.8. The molecule has 7 heteroatoms. The second-order valence-electron chi connectivity index (χ2n) is 9.21. The smallest absolute Gasteiger partial charge is 0.148 e. The monoisotopic (exact) mass is 582 g/mol. The van der Waals surface area contributed by atoms with Crippen LogP contribution in [0.15, 0.2) is 83.3 Å². The Morgan fingerprint density at radius 2 is 1.38 bits per heavy atom. The Balaban J connectivity index is 1.95. The van der Waals surface area contributed by atoms with E-state index in [-0.39, 0.29) is 6.10 Å². The van der Waals surface area contributed by atoms with Crippen LogP contribution >= 0.6 is 23.1 Å². The lowest BCUT2D eigenvalue weighted by Gasteiger charge is -2.31. The number of aliphatic hydroxyl groups excluding tert-OH is 1. The Bertz CT molecular complexity index is 1380. The van der Waals surface area contributed by atoms with Crippen molar-refractivity contribution >= 4 is 44.5 Å². The van der Waals surface area contributed by atoms with Crippen molar-refractivity contribution in [3.05, 3.63) is 88.9 Å². The Kier molecular flexibility index (Phi) is 8.33. The highest BCUT2D eigenvalue weighted by Gasteiger charge is 2.39. The molecule has 0 aliphatic heterocycles. The number of halogens is 1. The highest BCUT2D eigenvalue weighted by molar-refractivity contribution is 9.10. The first-order chi connectivity index (χ1) is 17.7. The Labute approximate surface area is 226 Å². The zero-order valence-electron chi connectivity index (χ0n) is 21.6. The first kappa shape index (κ1) is 27.3. The van der Waals surface area contributed by atoms with Crippen molar-refractivity contribution in [1.29, 1.82) is 0 Å². The van der Waals surface area contributed by atoms with Crippen molar-refractivity contribution in [2.75, 3.05) is 14.2 Å². The van der Waals surface area contributed by atoms with Crippen molar-refractivity contribution < 1.29 is 23.9 Å². The van der Waals surface area contributed by atoms with Crippen LogP contribution in [0.5, 0.6) is 17.2 Å². The van der Waals surface area contributed by atoms with Gasteiger partial charge >= 0.3 is 0 Å². The molecular formula is C30H32BrO5P. The van der Waals surface area contributed by atoms with Crippen molar-refractivity contribution in [3.63, 3.8) is 0 Å². The van der Waals surface area contributed by atoms with Crippen LogP contribution in [0.4, 0.5) is 0 Å². The van der Waals surface area contributed by atoms with Crippen LogP contribution in [0.25, 0.3) is 10.8 Å². The fourth-order valence-corrected chi connectivity index (χ4v) is 8.36. The number of hydrogen-bond donors (Lipinski definition) is 1. The standard InChI is InChI=1S/C30H32BrO5P/c1-19(2)36-27-18-25(29(31)24-16-21(34-4)17-26(35-5)28(24)27)30(32)20(3)37(33,22-12-8-6-9-13-22)23-14-10-7-11-15-23/h6-20,30,32H,1-5H3/t20-,30-/m0/s1. The number of rotatable bonds is 9. The molecule has 0 bridgehead atoms. The number of ether oxygens (including phenoxy) is 3. The van der Waals surface area contributed by atoms with Gasteiger partial charge in [0.1, 0.15) is 24.4 Å². The molecule has 0 spiro atoms. The summed E-state index contributed by atoms with van der Waals surface area (Å²) in [6.07, 6.45) is -1.19. The lowest BCUT2D eigenvalue weighted by molar-refractivity contribution is 0.174. The van der Waals surface area contributed by atoms with E-state index in [1.165, 1.54) is 0 Å². The van der Waals surface area contributed by atoms with Crippen LogP contribution in [-0.4, -0.2) is 31.1 Å². The molecule has 0 heterocycles. The van der Waals surface area contributed by atoms with E-state index >= 15 is 0 Å². The Hall–Kier alpha value is -2.79. The average molecular weight is 583 g/mol. The van der Waals surface area contributed by atoms with Crippen LogP contribution in [0.3, 0.4) is 0 Å². The molecule has 0 unspecified atom stereocenters. The largest absolute Gasteiger partial charge is 0.497 e. The minimum atomic E-state index is -3.25. The van der Waals surface area contributed by atoms with E-state index in [9.17, 15) is 9.67 Å². The summed E-state index contributed by atoms with van der Waals surface area (Å²) in [7, 11) is -0.0579. The Morgan fingerprint density at radius 1 is 0.811 bits per heavy atom. The van der Waals surface area contributed by atoms with E-state index in [4.69, 9.17) is 14.2 Å². The van der Waals surface area contributed by atoms with E-state index in [1.54, 1.807) is 20.3 Å². The van der Waals surface area contributed by atoms with Gasteiger partial charge in [0, 0.05) is 32.2 Å². The molecule has 194 valence electrons. The fraction of sp³-hybridized carbons (Fsp3) is 0.267. The minimum Gasteiger partial charge on any atom is -0.497 e. The molecule has 0 aromatic heterocycles. The topological polar surface area (TPSA) is 65.0 Å². The molecule has 0 saturated carbocycles. The summed E-state index contributed by atoms with van der Waals surface area (Å²) in [6, 6.07) is 24.3. The maximum atomic E-state index is 14.9. The van der Waals surface area contributed by atoms with Gasteiger partial charge in [0.2, 0.25) is 0 Å². The molecular weight excluding hydrogens is 551 g/mol. The molecule has 0 radical (unpaired) electrons. The van der Waals surface area contributed by atoms with Gasteiger partial charge in [-0.15, -0.1) is 0 Å². The van der Waals surface area contributed by atoms with Crippen molar-refractivity contribution in [2.24, 2.45) is 0 Å². The quantitative estimate of drug-likeness (QED) is 0.219. The van der Waals surface area contributed by atoms with Gasteiger partial charge < -0.3 is 23.9 Å². The van der Waals surface area contributed by atoms with E-state index < -0.39 is 18.9 Å². The molecule has 1 N–H and O–H groups in total. The number of fused-ring (bicyclic) bond motifs is 1. The van der Waals surface area contributed by atoms with Crippen LogP contribution < -0.4 is 24.8 Å². The van der Waals surface area contributed by atoms with Crippen LogP contribution in [0.2, 0.25) is 0 Å². The van der Waals surface area contributed by atoms with E-state index in [2.05, 4.69) is 15.9 Å². The summed E-state index contributed by atoms with van der Waals surface area (Å²) in [6.45, 7) is 5.74. The molecule has 0 amide bonds. The molecule has 0 aliphatic rings. The molecule has 0 saturated heterocycles. The summed E-state index contributed by atoms with van der Waals surface area (Å²) < 4.78 is 33.0. The van der Waals surface area contributed by atoms with Crippen molar-refractivity contribution in [3.8, 4) is 17.2 Å².